The van der Waals surface area contributed by atoms with Gasteiger partial charge in [-0.1, -0.05) is 26.8 Å². The van der Waals surface area contributed by atoms with Gasteiger partial charge in [-0.15, -0.1) is 11.3 Å². The van der Waals surface area contributed by atoms with Crippen LogP contribution in [-0.4, -0.2) is 39.3 Å². The molecule has 3 aromatic heterocycles. The van der Waals surface area contributed by atoms with Crippen LogP contribution in [0, 0.1) is 0 Å². The number of rotatable bonds is 6. The van der Waals surface area contributed by atoms with Crippen molar-refractivity contribution in [1.29, 1.82) is 0 Å². The van der Waals surface area contributed by atoms with Gasteiger partial charge in [0.2, 0.25) is 11.8 Å². The van der Waals surface area contributed by atoms with Crippen LogP contribution in [0.1, 0.15) is 55.9 Å². The molecule has 4 amide bonds. The van der Waals surface area contributed by atoms with Crippen molar-refractivity contribution in [2.75, 3.05) is 11.9 Å². The molecular weight excluding hydrogens is 485 g/mol. The summed E-state index contributed by atoms with van der Waals surface area (Å²) in [5.74, 6) is -1.32. The first kappa shape index (κ1) is 29.8. The fourth-order valence-electron chi connectivity index (χ4n) is 2.50. The van der Waals surface area contributed by atoms with Crippen molar-refractivity contribution in [2.24, 2.45) is 11.5 Å². The van der Waals surface area contributed by atoms with Gasteiger partial charge >= 0.3 is 6.03 Å². The predicted molar refractivity (Wildman–Crippen MR) is 149 cm³/mol. The molecule has 36 heavy (non-hydrogen) atoms. The first-order valence-corrected chi connectivity index (χ1v) is 11.8. The van der Waals surface area contributed by atoms with E-state index in [-0.39, 0.29) is 28.7 Å². The van der Waals surface area contributed by atoms with E-state index in [1.807, 2.05) is 0 Å². The van der Waals surface area contributed by atoms with Crippen molar-refractivity contribution in [1.82, 2.24) is 20.3 Å². The number of nitrogens with two attached hydrogens (primary N) is 2. The van der Waals surface area contributed by atoms with Gasteiger partial charge in [-0.3, -0.25) is 19.9 Å². The van der Waals surface area contributed by atoms with E-state index in [9.17, 15) is 18.8 Å². The number of primary amides is 2. The summed E-state index contributed by atoms with van der Waals surface area (Å²) in [6.45, 7) is 11.1. The number of nitrogens with one attached hydrogen (secondary N) is 2. The molecule has 0 radical (unpaired) electrons. The lowest BCUT2D eigenvalue weighted by atomic mass is 10.0. The van der Waals surface area contributed by atoms with E-state index in [4.69, 9.17) is 5.73 Å². The minimum Gasteiger partial charge on any atom is -0.370 e. The van der Waals surface area contributed by atoms with Gasteiger partial charge in [0.1, 0.15) is 22.3 Å². The second kappa shape index (κ2) is 14.9. The zero-order valence-electron chi connectivity index (χ0n) is 20.6. The lowest BCUT2D eigenvalue weighted by molar-refractivity contribution is -0.115. The summed E-state index contributed by atoms with van der Waals surface area (Å²) >= 11 is 1.21. The van der Waals surface area contributed by atoms with Crippen LogP contribution in [-0.2, 0) is 4.79 Å². The van der Waals surface area contributed by atoms with Gasteiger partial charge < -0.3 is 16.8 Å². The second-order valence-electron chi connectivity index (χ2n) is 7.19. The molecule has 3 rings (SSSR count). The van der Waals surface area contributed by atoms with Crippen LogP contribution in [0.15, 0.2) is 42.7 Å². The van der Waals surface area contributed by atoms with Gasteiger partial charge in [0.15, 0.2) is 0 Å². The topological polar surface area (TPSA) is 166 Å². The van der Waals surface area contributed by atoms with Gasteiger partial charge in [-0.2, -0.15) is 0 Å². The Morgan fingerprint density at radius 2 is 1.75 bits per heavy atom. The summed E-state index contributed by atoms with van der Waals surface area (Å²) in [6.07, 6.45) is 5.68. The number of urea groups is 1. The Morgan fingerprint density at radius 3 is 2.28 bits per heavy atom. The molecule has 12 heteroatoms. The average molecular weight is 524 g/mol. The van der Waals surface area contributed by atoms with Crippen LogP contribution in [0.5, 0.6) is 0 Å². The van der Waals surface area contributed by atoms with Crippen molar-refractivity contribution in [3.63, 3.8) is 0 Å². The van der Waals surface area contributed by atoms with E-state index >= 15 is 0 Å². The van der Waals surface area contributed by atoms with Crippen molar-refractivity contribution >= 4 is 40.8 Å². The molecule has 0 aliphatic heterocycles. The van der Waals surface area contributed by atoms with Crippen molar-refractivity contribution in [3.8, 4) is 21.7 Å². The maximum Gasteiger partial charge on any atom is 0.320 e. The Bertz CT molecular complexity index is 1230. The Labute approximate surface area is 219 Å². The molecule has 0 saturated carbocycles. The highest BCUT2D eigenvalue weighted by Crippen LogP contribution is 2.36. The number of amides is 4. The number of anilines is 1. The lowest BCUT2D eigenvalue weighted by Crippen LogP contribution is -2.28. The first-order valence-electron chi connectivity index (χ1n) is 10.9. The van der Waals surface area contributed by atoms with Crippen LogP contribution in [0.2, 0.25) is 0 Å². The molecule has 3 heterocycles. The predicted octanol–water partition coefficient (Wildman–Crippen LogP) is 5.34. The number of aromatic nitrogens is 3. The molecule has 3 aromatic rings. The molecule has 0 saturated heterocycles. The lowest BCUT2D eigenvalue weighted by Gasteiger charge is -2.11. The molecule has 0 aliphatic rings. The summed E-state index contributed by atoms with van der Waals surface area (Å²) in [5, 5.41) is 7.26. The number of hydrogen-bond donors (Lipinski definition) is 4. The smallest absolute Gasteiger partial charge is 0.320 e. The number of carbonyl (C=O) groups is 3. The van der Waals surface area contributed by atoms with Crippen molar-refractivity contribution in [2.45, 2.75) is 34.1 Å². The zero-order valence-corrected chi connectivity index (χ0v) is 21.4. The third kappa shape index (κ3) is 9.58. The van der Waals surface area contributed by atoms with E-state index in [0.29, 0.717) is 28.2 Å². The summed E-state index contributed by atoms with van der Waals surface area (Å²) in [7, 11) is 0. The van der Waals surface area contributed by atoms with Gasteiger partial charge in [0.25, 0.3) is 0 Å². The summed E-state index contributed by atoms with van der Waals surface area (Å²) in [6, 6.07) is 2.79. The largest absolute Gasteiger partial charge is 0.370 e. The molecular formula is C24H38FN7O3S. The molecule has 10 nitrogen and oxygen atoms in total. The highest BCUT2D eigenvalue weighted by atomic mass is 32.1. The second-order valence-corrected chi connectivity index (χ2v) is 8.04. The zero-order chi connectivity index (χ0) is 27.3. The van der Waals surface area contributed by atoms with E-state index in [1.54, 1.807) is 25.3 Å². The Balaban J connectivity index is -0.000000532. The maximum atomic E-state index is 13.5. The summed E-state index contributed by atoms with van der Waals surface area (Å²) < 4.78 is 13.5. The molecule has 6 N–H and O–H groups in total. The van der Waals surface area contributed by atoms with Crippen LogP contribution >= 0.6 is 11.3 Å². The molecule has 0 unspecified atom stereocenters. The van der Waals surface area contributed by atoms with E-state index < -0.39 is 17.8 Å². The standard InChI is InChI=1S/C19H17FN6O2S.C3H8.C2H5NO.4H2/c1-3-23-19(28)26-16-5-13(18-25-15(9-29-18)10(2)20)14(8-24-16)11-4-12(17(21)27)7-22-6-11;1-3-2;1-2(3)4;;;;/h4-9H,2-3H2,1H3,(H2,21,27)(H2,23,24,26,28);3H2,1-2H3;1H3,(H2,3,4);4*1H. The number of carbonyl (C=O) groups excluding carboxylic acids is 3. The normalized spacial score (nSPS) is 9.58. The van der Waals surface area contributed by atoms with E-state index in [1.165, 1.54) is 42.5 Å². The highest BCUT2D eigenvalue weighted by Gasteiger charge is 2.16. The van der Waals surface area contributed by atoms with Gasteiger partial charge in [0.05, 0.1) is 5.56 Å². The minimum atomic E-state index is -0.652. The molecule has 0 fully saturated rings. The molecule has 0 spiro atoms. The number of nitrogens with zero attached hydrogens (tertiary/aromatic N) is 3. The van der Waals surface area contributed by atoms with Crippen molar-refractivity contribution in [3.05, 3.63) is 53.9 Å². The van der Waals surface area contributed by atoms with Gasteiger partial charge in [-0.25, -0.2) is 19.2 Å². The Morgan fingerprint density at radius 1 is 1.11 bits per heavy atom. The number of halogens is 1. The van der Waals surface area contributed by atoms with Crippen LogP contribution in [0.3, 0.4) is 0 Å². The summed E-state index contributed by atoms with van der Waals surface area (Å²) in [4.78, 5) is 45.1. The molecule has 0 bridgehead atoms. The number of thiazole rings is 1. The highest BCUT2D eigenvalue weighted by molar-refractivity contribution is 7.13. The maximum absolute atomic E-state index is 13.5. The molecule has 0 atom stereocenters. The Kier molecular flexibility index (Phi) is 12.4. The quantitative estimate of drug-likeness (QED) is 0.340. The average Bonchev–Trinajstić information content (AvgIpc) is 3.30. The van der Waals surface area contributed by atoms with Gasteiger partial charge in [0, 0.05) is 59.8 Å². The minimum absolute atomic E-state index is 0. The first-order chi connectivity index (χ1) is 17.0. The summed E-state index contributed by atoms with van der Waals surface area (Å²) in [5.41, 5.74) is 11.9. The van der Waals surface area contributed by atoms with Crippen LogP contribution in [0.4, 0.5) is 15.0 Å². The SMILES string of the molecule is C=C(F)c1csc(-c2cc(NC(=O)NCC)ncc2-c2cncc(C(N)=O)c2)n1.CC(N)=O.CCC.[HH].[HH].[HH].[HH]. The monoisotopic (exact) mass is 523 g/mol. The van der Waals surface area contributed by atoms with E-state index in [0.717, 1.165) is 0 Å². The third-order valence-electron chi connectivity index (χ3n) is 3.83. The fraction of sp³-hybridized carbons (Fsp3) is 0.250. The van der Waals surface area contributed by atoms with Gasteiger partial charge in [-0.05, 0) is 19.1 Å². The fourth-order valence-corrected chi connectivity index (χ4v) is 3.35. The van der Waals surface area contributed by atoms with Crippen LogP contribution in [0.25, 0.3) is 27.5 Å². The molecule has 0 aromatic carbocycles. The third-order valence-corrected chi connectivity index (χ3v) is 4.70. The molecule has 0 aliphatic carbocycles. The molecule has 200 valence electrons. The Hall–Kier alpha value is -4.19. The number of pyridine rings is 2. The van der Waals surface area contributed by atoms with Crippen molar-refractivity contribution < 1.29 is 24.5 Å². The number of hydrogen-bond acceptors (Lipinski definition) is 7. The van der Waals surface area contributed by atoms with E-state index in [2.05, 4.69) is 51.7 Å². The van der Waals surface area contributed by atoms with Crippen LogP contribution < -0.4 is 22.1 Å².